The maximum absolute atomic E-state index is 15.4. The number of halogens is 6. The highest BCUT2D eigenvalue weighted by molar-refractivity contribution is 8.24. The van der Waals surface area contributed by atoms with E-state index in [2.05, 4.69) is 0 Å². The Morgan fingerprint density at radius 1 is 0.769 bits per heavy atom. The van der Waals surface area contributed by atoms with E-state index in [4.69, 9.17) is 0 Å². The Labute approximate surface area is 236 Å². The van der Waals surface area contributed by atoms with Crippen molar-refractivity contribution in [3.05, 3.63) is 90.5 Å². The van der Waals surface area contributed by atoms with Crippen LogP contribution in [-0.4, -0.2) is 27.3 Å². The van der Waals surface area contributed by atoms with E-state index in [9.17, 15) is 19.3 Å². The van der Waals surface area contributed by atoms with Gasteiger partial charge in [-0.3, -0.25) is 0 Å². The van der Waals surface area contributed by atoms with Crippen LogP contribution in [0.25, 0.3) is 0 Å². The van der Waals surface area contributed by atoms with Crippen LogP contribution in [0.15, 0.2) is 100 Å². The summed E-state index contributed by atoms with van der Waals surface area (Å²) in [5.74, 6) is -15.9. The van der Waals surface area contributed by atoms with Crippen molar-refractivity contribution < 1.29 is 26.3 Å². The minimum absolute atomic E-state index is 0.180. The zero-order valence-electron chi connectivity index (χ0n) is 19.9. The molecule has 6 rings (SSSR count). The highest BCUT2D eigenvalue weighted by atomic mass is 32.2. The molecule has 0 N–H and O–H groups in total. The number of allylic oxidation sites excluding steroid dienone is 7. The highest BCUT2D eigenvalue weighted by Crippen LogP contribution is 2.74. The van der Waals surface area contributed by atoms with Crippen molar-refractivity contribution in [3.63, 3.8) is 0 Å². The standard InChI is InChI=1S/C27H14F6N2S4/c1-23-16(8-14(38-23)7-13(11-34)12-35)21-22(26(30,31)27(32,33)25(21,28)29)17-9-15(39-24(17,23)2)10-20-36-18-5-3-4-6-19(18)37-20/h3-10H,1-2H3/t23-,24-/m1/s1. The van der Waals surface area contributed by atoms with Crippen molar-refractivity contribution in [1.82, 2.24) is 0 Å². The van der Waals surface area contributed by atoms with E-state index in [0.717, 1.165) is 49.7 Å². The third-order valence-electron chi connectivity index (χ3n) is 7.42. The predicted octanol–water partition coefficient (Wildman–Crippen LogP) is 9.00. The second kappa shape index (κ2) is 8.32. The molecule has 2 aliphatic carbocycles. The van der Waals surface area contributed by atoms with Gasteiger partial charge in [0.05, 0.1) is 13.7 Å². The second-order valence-electron chi connectivity index (χ2n) is 9.56. The number of rotatable bonds is 2. The molecular formula is C27H14F6N2S4. The van der Waals surface area contributed by atoms with E-state index in [-0.39, 0.29) is 21.6 Å². The molecule has 0 radical (unpaired) electrons. The SMILES string of the molecule is C[C@@]12SC(C=C(C#N)C#N)=CC1=C1C(=C3C=C(C=C4Sc5ccccc5S4)S[C@]32C)C(F)(F)C(F)(F)C1(F)F. The van der Waals surface area contributed by atoms with Gasteiger partial charge >= 0.3 is 17.8 Å². The molecule has 1 aromatic carbocycles. The molecule has 0 bridgehead atoms. The number of hydrogen-bond acceptors (Lipinski definition) is 6. The van der Waals surface area contributed by atoms with Gasteiger partial charge in [0.25, 0.3) is 0 Å². The van der Waals surface area contributed by atoms with Crippen molar-refractivity contribution >= 4 is 47.0 Å². The van der Waals surface area contributed by atoms with E-state index in [1.54, 1.807) is 32.1 Å². The van der Waals surface area contributed by atoms with Gasteiger partial charge in [0, 0.05) is 30.7 Å². The van der Waals surface area contributed by atoms with Gasteiger partial charge in [-0.2, -0.15) is 36.9 Å². The Balaban J connectivity index is 1.56. The molecule has 1 saturated carbocycles. The predicted molar refractivity (Wildman–Crippen MR) is 143 cm³/mol. The minimum atomic E-state index is -5.64. The molecule has 3 aliphatic heterocycles. The lowest BCUT2D eigenvalue weighted by Gasteiger charge is -2.47. The van der Waals surface area contributed by atoms with Crippen LogP contribution in [0, 0.1) is 22.7 Å². The molecule has 198 valence electrons. The van der Waals surface area contributed by atoms with Gasteiger partial charge in [0.1, 0.15) is 17.7 Å². The molecule has 0 aromatic heterocycles. The van der Waals surface area contributed by atoms with Gasteiger partial charge in [-0.15, -0.1) is 23.5 Å². The average Bonchev–Trinajstić information content (AvgIpc) is 3.55. The van der Waals surface area contributed by atoms with Crippen LogP contribution in [0.4, 0.5) is 26.3 Å². The van der Waals surface area contributed by atoms with E-state index in [0.29, 0.717) is 4.91 Å². The molecule has 12 heteroatoms. The Morgan fingerprint density at radius 2 is 1.23 bits per heavy atom. The number of alkyl halides is 6. The van der Waals surface area contributed by atoms with Crippen LogP contribution in [0.1, 0.15) is 13.8 Å². The Morgan fingerprint density at radius 3 is 1.72 bits per heavy atom. The molecule has 2 atom stereocenters. The fourth-order valence-corrected chi connectivity index (χ4v) is 11.0. The zero-order chi connectivity index (χ0) is 28.2. The van der Waals surface area contributed by atoms with Crippen LogP contribution in [0.3, 0.4) is 0 Å². The Hall–Kier alpha value is -2.38. The maximum Gasteiger partial charge on any atom is 0.380 e. The quantitative estimate of drug-likeness (QED) is 0.247. The highest BCUT2D eigenvalue weighted by Gasteiger charge is 2.84. The Kier molecular flexibility index (Phi) is 5.72. The first kappa shape index (κ1) is 26.8. The molecule has 0 unspecified atom stereocenters. The lowest BCUT2D eigenvalue weighted by molar-refractivity contribution is -0.258. The fourth-order valence-electron chi connectivity index (χ4n) is 5.37. The zero-order valence-corrected chi connectivity index (χ0v) is 23.2. The lowest BCUT2D eigenvalue weighted by Crippen LogP contribution is -2.48. The molecular weight excluding hydrogens is 595 g/mol. The first-order valence-corrected chi connectivity index (χ1v) is 14.6. The van der Waals surface area contributed by atoms with E-state index in [1.807, 2.05) is 24.3 Å². The van der Waals surface area contributed by atoms with Gasteiger partial charge in [-0.25, -0.2) is 0 Å². The van der Waals surface area contributed by atoms with Gasteiger partial charge in [0.2, 0.25) is 0 Å². The second-order valence-corrected chi connectivity index (χ2v) is 15.0. The molecule has 0 spiro atoms. The van der Waals surface area contributed by atoms with Gasteiger partial charge < -0.3 is 0 Å². The number of benzene rings is 1. The van der Waals surface area contributed by atoms with Crippen molar-refractivity contribution in [1.29, 1.82) is 10.5 Å². The third kappa shape index (κ3) is 3.35. The largest absolute Gasteiger partial charge is 0.380 e. The summed E-state index contributed by atoms with van der Waals surface area (Å²) in [7, 11) is 0. The summed E-state index contributed by atoms with van der Waals surface area (Å²) in [6.45, 7) is 3.15. The lowest BCUT2D eigenvalue weighted by atomic mass is 9.71. The van der Waals surface area contributed by atoms with Crippen LogP contribution in [0.2, 0.25) is 0 Å². The summed E-state index contributed by atoms with van der Waals surface area (Å²) in [5.41, 5.74) is -3.65. The molecule has 2 nitrogen and oxygen atoms in total. The van der Waals surface area contributed by atoms with Crippen LogP contribution >= 0.6 is 47.0 Å². The average molecular weight is 609 g/mol. The van der Waals surface area contributed by atoms with Crippen molar-refractivity contribution in [2.75, 3.05) is 0 Å². The summed E-state index contributed by atoms with van der Waals surface area (Å²) < 4.78 is 89.1. The number of nitriles is 2. The van der Waals surface area contributed by atoms with E-state index in [1.165, 1.54) is 29.6 Å². The third-order valence-corrected chi connectivity index (χ3v) is 13.0. The van der Waals surface area contributed by atoms with Gasteiger partial charge in [-0.1, -0.05) is 35.7 Å². The van der Waals surface area contributed by atoms with Crippen molar-refractivity contribution in [2.45, 2.75) is 50.9 Å². The van der Waals surface area contributed by atoms with Gasteiger partial charge in [-0.05, 0) is 61.4 Å². The van der Waals surface area contributed by atoms with Crippen LogP contribution in [0.5, 0.6) is 0 Å². The molecule has 0 amide bonds. The van der Waals surface area contributed by atoms with Gasteiger partial charge in [0.15, 0.2) is 0 Å². The van der Waals surface area contributed by atoms with E-state index >= 15 is 17.6 Å². The Bertz CT molecular complexity index is 1610. The monoisotopic (exact) mass is 608 g/mol. The van der Waals surface area contributed by atoms with E-state index < -0.39 is 38.4 Å². The first-order chi connectivity index (χ1) is 18.2. The summed E-state index contributed by atoms with van der Waals surface area (Å²) in [6, 6.07) is 11.0. The molecule has 39 heavy (non-hydrogen) atoms. The summed E-state index contributed by atoms with van der Waals surface area (Å²) in [4.78, 5) is 2.69. The first-order valence-electron chi connectivity index (χ1n) is 11.4. The summed E-state index contributed by atoms with van der Waals surface area (Å²) in [6.07, 6.45) is 5.39. The minimum Gasteiger partial charge on any atom is -0.194 e. The number of thioether (sulfide) groups is 4. The summed E-state index contributed by atoms with van der Waals surface area (Å²) >= 11 is 5.11. The smallest absolute Gasteiger partial charge is 0.194 e. The molecule has 0 saturated heterocycles. The summed E-state index contributed by atoms with van der Waals surface area (Å²) in [5, 5.41) is 18.4. The fraction of sp³-hybridized carbons (Fsp3) is 0.259. The number of nitrogens with zero attached hydrogens (tertiary/aromatic N) is 2. The number of fused-ring (bicyclic) bond motifs is 5. The van der Waals surface area contributed by atoms with Crippen molar-refractivity contribution in [2.24, 2.45) is 0 Å². The maximum atomic E-state index is 15.4. The molecule has 1 aromatic rings. The molecule has 3 heterocycles. The molecule has 5 aliphatic rings. The molecule has 1 fully saturated rings. The van der Waals surface area contributed by atoms with Crippen LogP contribution < -0.4 is 0 Å². The normalized spacial score (nSPS) is 30.5. The topological polar surface area (TPSA) is 47.6 Å². The number of hydrogen-bond donors (Lipinski definition) is 0. The van der Waals surface area contributed by atoms with Crippen LogP contribution in [-0.2, 0) is 0 Å². The van der Waals surface area contributed by atoms with Crippen molar-refractivity contribution in [3.8, 4) is 12.1 Å².